The highest BCUT2D eigenvalue weighted by atomic mass is 28.4. The van der Waals surface area contributed by atoms with E-state index in [2.05, 4.69) is 58.9 Å². The zero-order chi connectivity index (χ0) is 14.3. The summed E-state index contributed by atoms with van der Waals surface area (Å²) in [5.41, 5.74) is 0. The molecule has 0 aliphatic rings. The molecule has 2 nitrogen and oxygen atoms in total. The first-order valence-corrected chi connectivity index (χ1v) is 9.51. The van der Waals surface area contributed by atoms with E-state index in [1.165, 1.54) is 5.19 Å². The first kappa shape index (κ1) is 16.4. The van der Waals surface area contributed by atoms with Crippen LogP contribution in [-0.2, 0) is 8.85 Å². The van der Waals surface area contributed by atoms with Crippen molar-refractivity contribution in [1.82, 2.24) is 0 Å². The fraction of sp³-hybridized carbons (Fsp3) is 0.625. The van der Waals surface area contributed by atoms with E-state index in [4.69, 9.17) is 8.85 Å². The van der Waals surface area contributed by atoms with Crippen LogP contribution in [0.5, 0.6) is 0 Å². The van der Waals surface area contributed by atoms with Crippen molar-refractivity contribution >= 4 is 13.7 Å². The summed E-state index contributed by atoms with van der Waals surface area (Å²) in [6, 6.07) is 11.5. The highest BCUT2D eigenvalue weighted by Crippen LogP contribution is 2.20. The molecular weight excluding hydrogens is 252 g/mol. The monoisotopic (exact) mass is 280 g/mol. The Labute approximate surface area is 119 Å². The molecule has 108 valence electrons. The second-order valence-electron chi connectivity index (χ2n) is 5.15. The maximum absolute atomic E-state index is 6.41. The van der Waals surface area contributed by atoms with Gasteiger partial charge in [0, 0.05) is 12.2 Å². The fourth-order valence-corrected chi connectivity index (χ4v) is 5.45. The number of hydrogen-bond donors (Lipinski definition) is 0. The molecule has 0 bridgehead atoms. The van der Waals surface area contributed by atoms with Gasteiger partial charge in [0.15, 0.2) is 0 Å². The van der Waals surface area contributed by atoms with Crippen LogP contribution in [0.4, 0.5) is 0 Å². The van der Waals surface area contributed by atoms with E-state index in [1.807, 2.05) is 6.07 Å². The van der Waals surface area contributed by atoms with Crippen LogP contribution in [0.2, 0.25) is 6.04 Å². The molecule has 0 heterocycles. The number of benzene rings is 1. The molecular formula is C16H28O2Si. The standard InChI is InChI=1S/C16H28O2Si/c1-6-14(4)17-19(8-3,18-15(5)7-2)16-12-10-9-11-13-16/h9-15H,6-8H2,1-5H3. The molecule has 3 heteroatoms. The Bertz CT molecular complexity index is 341. The molecule has 1 aromatic rings. The maximum atomic E-state index is 6.41. The van der Waals surface area contributed by atoms with Gasteiger partial charge in [-0.05, 0) is 37.9 Å². The Balaban J connectivity index is 3.05. The molecule has 2 unspecified atom stereocenters. The predicted molar refractivity (Wildman–Crippen MR) is 84.0 cm³/mol. The van der Waals surface area contributed by atoms with Crippen LogP contribution < -0.4 is 5.19 Å². The largest absolute Gasteiger partial charge is 0.388 e. The van der Waals surface area contributed by atoms with Crippen molar-refractivity contribution in [3.05, 3.63) is 30.3 Å². The van der Waals surface area contributed by atoms with Crippen LogP contribution in [-0.4, -0.2) is 20.8 Å². The zero-order valence-corrected chi connectivity index (χ0v) is 14.0. The molecule has 0 spiro atoms. The van der Waals surface area contributed by atoms with Crippen LogP contribution in [0.25, 0.3) is 0 Å². The summed E-state index contributed by atoms with van der Waals surface area (Å²) in [6.45, 7) is 10.8. The van der Waals surface area contributed by atoms with E-state index in [-0.39, 0.29) is 12.2 Å². The van der Waals surface area contributed by atoms with Crippen molar-refractivity contribution in [2.24, 2.45) is 0 Å². The van der Waals surface area contributed by atoms with Crippen molar-refractivity contribution in [2.75, 3.05) is 0 Å². The van der Waals surface area contributed by atoms with Crippen molar-refractivity contribution in [1.29, 1.82) is 0 Å². The molecule has 0 radical (unpaired) electrons. The van der Waals surface area contributed by atoms with E-state index in [0.717, 1.165) is 18.9 Å². The lowest BCUT2D eigenvalue weighted by molar-refractivity contribution is 0.0972. The third-order valence-corrected chi connectivity index (χ3v) is 7.32. The summed E-state index contributed by atoms with van der Waals surface area (Å²) >= 11 is 0. The van der Waals surface area contributed by atoms with Crippen LogP contribution in [0, 0.1) is 0 Å². The minimum absolute atomic E-state index is 0.246. The van der Waals surface area contributed by atoms with Gasteiger partial charge < -0.3 is 8.85 Å². The van der Waals surface area contributed by atoms with Crippen LogP contribution in [0.3, 0.4) is 0 Å². The molecule has 0 amide bonds. The lowest BCUT2D eigenvalue weighted by Gasteiger charge is -2.35. The summed E-state index contributed by atoms with van der Waals surface area (Å²) in [4.78, 5) is 0. The highest BCUT2D eigenvalue weighted by Gasteiger charge is 2.40. The van der Waals surface area contributed by atoms with Gasteiger partial charge in [-0.2, -0.15) is 0 Å². The lowest BCUT2D eigenvalue weighted by Crippen LogP contribution is -2.56. The maximum Gasteiger partial charge on any atom is 0.372 e. The zero-order valence-electron chi connectivity index (χ0n) is 13.0. The average molecular weight is 280 g/mol. The van der Waals surface area contributed by atoms with Crippen LogP contribution in [0.15, 0.2) is 30.3 Å². The van der Waals surface area contributed by atoms with Crippen molar-refractivity contribution < 1.29 is 8.85 Å². The Morgan fingerprint density at radius 2 is 1.37 bits per heavy atom. The van der Waals surface area contributed by atoms with E-state index >= 15 is 0 Å². The van der Waals surface area contributed by atoms with Gasteiger partial charge in [0.05, 0.1) is 0 Å². The average Bonchev–Trinajstić information content (AvgIpc) is 2.46. The van der Waals surface area contributed by atoms with Gasteiger partial charge in [0.2, 0.25) is 0 Å². The van der Waals surface area contributed by atoms with Crippen molar-refractivity contribution in [2.45, 2.75) is 65.7 Å². The minimum Gasteiger partial charge on any atom is -0.388 e. The van der Waals surface area contributed by atoms with Gasteiger partial charge >= 0.3 is 8.56 Å². The summed E-state index contributed by atoms with van der Waals surface area (Å²) in [7, 11) is -2.31. The first-order chi connectivity index (χ1) is 9.07. The molecule has 0 saturated heterocycles. The van der Waals surface area contributed by atoms with Gasteiger partial charge in [-0.3, -0.25) is 0 Å². The molecule has 1 aromatic carbocycles. The smallest absolute Gasteiger partial charge is 0.372 e. The van der Waals surface area contributed by atoms with Gasteiger partial charge in [-0.1, -0.05) is 51.1 Å². The summed E-state index contributed by atoms with van der Waals surface area (Å²) < 4.78 is 12.8. The van der Waals surface area contributed by atoms with Gasteiger partial charge in [-0.15, -0.1) is 0 Å². The Morgan fingerprint density at radius 1 is 0.895 bits per heavy atom. The molecule has 19 heavy (non-hydrogen) atoms. The quantitative estimate of drug-likeness (QED) is 0.670. The lowest BCUT2D eigenvalue weighted by atomic mass is 10.3. The van der Waals surface area contributed by atoms with E-state index < -0.39 is 8.56 Å². The Hall–Kier alpha value is -0.643. The molecule has 0 N–H and O–H groups in total. The second-order valence-corrected chi connectivity index (χ2v) is 8.41. The number of rotatable bonds is 8. The normalized spacial score (nSPS) is 17.7. The summed E-state index contributed by atoms with van der Waals surface area (Å²) in [6.07, 6.45) is 2.53. The Kier molecular flexibility index (Phi) is 6.76. The topological polar surface area (TPSA) is 18.5 Å². The first-order valence-electron chi connectivity index (χ1n) is 7.49. The SMILES string of the molecule is CCC(C)O[Si](CC)(OC(C)CC)c1ccccc1. The summed E-state index contributed by atoms with van der Waals surface area (Å²) in [5, 5.41) is 1.25. The van der Waals surface area contributed by atoms with Crippen LogP contribution >= 0.6 is 0 Å². The third kappa shape index (κ3) is 4.44. The van der Waals surface area contributed by atoms with Crippen molar-refractivity contribution in [3.8, 4) is 0 Å². The van der Waals surface area contributed by atoms with Gasteiger partial charge in [0.1, 0.15) is 0 Å². The molecule has 0 fully saturated rings. The van der Waals surface area contributed by atoms with Gasteiger partial charge in [-0.25, -0.2) is 0 Å². The molecule has 0 aromatic heterocycles. The molecule has 0 aliphatic heterocycles. The Morgan fingerprint density at radius 3 is 1.74 bits per heavy atom. The van der Waals surface area contributed by atoms with Crippen molar-refractivity contribution in [3.63, 3.8) is 0 Å². The van der Waals surface area contributed by atoms with E-state index in [0.29, 0.717) is 0 Å². The van der Waals surface area contributed by atoms with Gasteiger partial charge in [0.25, 0.3) is 0 Å². The number of hydrogen-bond acceptors (Lipinski definition) is 2. The highest BCUT2D eigenvalue weighted by molar-refractivity contribution is 6.81. The fourth-order valence-electron chi connectivity index (χ4n) is 2.04. The molecule has 2 atom stereocenters. The molecule has 0 aliphatic carbocycles. The second kappa shape index (κ2) is 7.83. The van der Waals surface area contributed by atoms with E-state index in [9.17, 15) is 0 Å². The molecule has 0 saturated carbocycles. The van der Waals surface area contributed by atoms with Crippen LogP contribution in [0.1, 0.15) is 47.5 Å². The summed E-state index contributed by atoms with van der Waals surface area (Å²) in [5.74, 6) is 0. The minimum atomic E-state index is -2.31. The third-order valence-electron chi connectivity index (χ3n) is 3.61. The van der Waals surface area contributed by atoms with E-state index in [1.54, 1.807) is 0 Å². The molecule has 1 rings (SSSR count). The predicted octanol–water partition coefficient (Wildman–Crippen LogP) is 3.99.